The van der Waals surface area contributed by atoms with E-state index in [9.17, 15) is 14.7 Å². The first-order chi connectivity index (χ1) is 9.00. The molecular formula is C12H11BrINO3S. The van der Waals surface area contributed by atoms with Crippen LogP contribution in [0.5, 0.6) is 0 Å². The summed E-state index contributed by atoms with van der Waals surface area (Å²) < 4.78 is 1.64. The van der Waals surface area contributed by atoms with Gasteiger partial charge in [0.15, 0.2) is 0 Å². The normalized spacial score (nSPS) is 19.3. The van der Waals surface area contributed by atoms with Crippen LogP contribution in [0.25, 0.3) is 0 Å². The van der Waals surface area contributed by atoms with Crippen molar-refractivity contribution in [1.29, 1.82) is 0 Å². The number of hydrogen-bond donors (Lipinski definition) is 1. The van der Waals surface area contributed by atoms with Crippen LogP contribution in [-0.2, 0) is 4.79 Å². The van der Waals surface area contributed by atoms with Crippen LogP contribution in [0.1, 0.15) is 10.4 Å². The Hall–Kier alpha value is -0.280. The van der Waals surface area contributed by atoms with E-state index in [2.05, 4.69) is 38.5 Å². The van der Waals surface area contributed by atoms with Gasteiger partial charge in [-0.2, -0.15) is 11.8 Å². The molecule has 1 atom stereocenters. The van der Waals surface area contributed by atoms with Crippen LogP contribution in [0, 0.1) is 3.57 Å². The van der Waals surface area contributed by atoms with Crippen LogP contribution in [0.4, 0.5) is 0 Å². The molecule has 1 fully saturated rings. The second-order valence-corrected chi connectivity index (χ2v) is 7.30. The standard InChI is InChI=1S/C12H11BrINO3S/c13-9-2-1-7(14)5-8(9)11(16)15-3-4-19-6-10(15)12(17)18/h1-2,5,10H,3-4,6H2,(H,17,18). The van der Waals surface area contributed by atoms with Crippen molar-refractivity contribution in [3.63, 3.8) is 0 Å². The van der Waals surface area contributed by atoms with Crippen LogP contribution in [-0.4, -0.2) is 46.0 Å². The second kappa shape index (κ2) is 6.45. The number of aliphatic carboxylic acids is 1. The SMILES string of the molecule is O=C(O)C1CSCCN1C(=O)c1cc(I)ccc1Br. The fraction of sp³-hybridized carbons (Fsp3) is 0.333. The molecule has 1 unspecified atom stereocenters. The van der Waals surface area contributed by atoms with Gasteiger partial charge in [0.1, 0.15) is 6.04 Å². The van der Waals surface area contributed by atoms with Gasteiger partial charge in [-0.25, -0.2) is 4.79 Å². The molecule has 0 aromatic heterocycles. The Bertz CT molecular complexity index is 526. The number of carbonyl (C=O) groups is 2. The predicted molar refractivity (Wildman–Crippen MR) is 86.6 cm³/mol. The number of amides is 1. The van der Waals surface area contributed by atoms with Gasteiger partial charge in [0.2, 0.25) is 0 Å². The van der Waals surface area contributed by atoms with Crippen molar-refractivity contribution in [1.82, 2.24) is 4.90 Å². The molecule has 7 heteroatoms. The summed E-state index contributed by atoms with van der Waals surface area (Å²) in [6.45, 7) is 0.471. The molecule has 1 aliphatic heterocycles. The molecule has 2 rings (SSSR count). The zero-order valence-corrected chi connectivity index (χ0v) is 14.4. The number of carbonyl (C=O) groups excluding carboxylic acids is 1. The molecule has 1 N–H and O–H groups in total. The maximum atomic E-state index is 12.5. The molecule has 102 valence electrons. The molecule has 4 nitrogen and oxygen atoms in total. The molecule has 1 heterocycles. The van der Waals surface area contributed by atoms with Gasteiger partial charge in [-0.3, -0.25) is 4.79 Å². The van der Waals surface area contributed by atoms with E-state index in [0.29, 0.717) is 22.3 Å². The van der Waals surface area contributed by atoms with Gasteiger partial charge in [0, 0.05) is 26.1 Å². The smallest absolute Gasteiger partial charge is 0.327 e. The van der Waals surface area contributed by atoms with Gasteiger partial charge in [0.05, 0.1) is 5.56 Å². The fourth-order valence-electron chi connectivity index (χ4n) is 1.87. The average Bonchev–Trinajstić information content (AvgIpc) is 2.40. The summed E-state index contributed by atoms with van der Waals surface area (Å²) in [5.41, 5.74) is 0.519. The molecule has 0 spiro atoms. The Morgan fingerprint density at radius 2 is 2.21 bits per heavy atom. The molecule has 0 bridgehead atoms. The van der Waals surface area contributed by atoms with Crippen LogP contribution in [0.15, 0.2) is 22.7 Å². The fourth-order valence-corrected chi connectivity index (χ4v) is 3.81. The number of halogens is 2. The minimum absolute atomic E-state index is 0.224. The van der Waals surface area contributed by atoms with Crippen LogP contribution < -0.4 is 0 Å². The number of nitrogens with zero attached hydrogens (tertiary/aromatic N) is 1. The Balaban J connectivity index is 2.31. The van der Waals surface area contributed by atoms with E-state index in [4.69, 9.17) is 0 Å². The largest absolute Gasteiger partial charge is 0.480 e. The van der Waals surface area contributed by atoms with Crippen molar-refractivity contribution in [3.05, 3.63) is 31.8 Å². The lowest BCUT2D eigenvalue weighted by Gasteiger charge is -2.32. The molecular weight excluding hydrogens is 445 g/mol. The minimum atomic E-state index is -0.942. The van der Waals surface area contributed by atoms with E-state index in [1.165, 1.54) is 4.90 Å². The van der Waals surface area contributed by atoms with E-state index in [1.807, 2.05) is 12.1 Å². The number of rotatable bonds is 2. The van der Waals surface area contributed by atoms with Crippen molar-refractivity contribution in [2.45, 2.75) is 6.04 Å². The number of benzene rings is 1. The summed E-state index contributed by atoms with van der Waals surface area (Å²) in [7, 11) is 0. The topological polar surface area (TPSA) is 57.6 Å². The monoisotopic (exact) mass is 455 g/mol. The first-order valence-electron chi connectivity index (χ1n) is 5.57. The van der Waals surface area contributed by atoms with Crippen molar-refractivity contribution in [2.24, 2.45) is 0 Å². The average molecular weight is 456 g/mol. The third kappa shape index (κ3) is 3.43. The lowest BCUT2D eigenvalue weighted by atomic mass is 10.1. The van der Waals surface area contributed by atoms with E-state index < -0.39 is 12.0 Å². The molecule has 1 saturated heterocycles. The molecule has 1 aliphatic rings. The lowest BCUT2D eigenvalue weighted by molar-refractivity contribution is -0.141. The van der Waals surface area contributed by atoms with Crippen molar-refractivity contribution >= 4 is 62.2 Å². The third-order valence-corrected chi connectivity index (χ3v) is 5.22. The zero-order valence-electron chi connectivity index (χ0n) is 9.81. The lowest BCUT2D eigenvalue weighted by Crippen LogP contribution is -2.50. The first kappa shape index (κ1) is 15.1. The maximum absolute atomic E-state index is 12.5. The van der Waals surface area contributed by atoms with Crippen molar-refractivity contribution in [3.8, 4) is 0 Å². The Morgan fingerprint density at radius 3 is 2.89 bits per heavy atom. The second-order valence-electron chi connectivity index (χ2n) is 4.05. The first-order valence-corrected chi connectivity index (χ1v) is 8.60. The van der Waals surface area contributed by atoms with Crippen LogP contribution in [0.2, 0.25) is 0 Å². The van der Waals surface area contributed by atoms with Crippen molar-refractivity contribution < 1.29 is 14.7 Å². The quantitative estimate of drug-likeness (QED) is 0.696. The number of carboxylic acid groups (broad SMARTS) is 1. The van der Waals surface area contributed by atoms with Crippen LogP contribution >= 0.6 is 50.3 Å². The molecule has 1 amide bonds. The molecule has 0 aliphatic carbocycles. The van der Waals surface area contributed by atoms with E-state index in [0.717, 1.165) is 9.32 Å². The highest BCUT2D eigenvalue weighted by Crippen LogP contribution is 2.24. The minimum Gasteiger partial charge on any atom is -0.480 e. The maximum Gasteiger partial charge on any atom is 0.327 e. The van der Waals surface area contributed by atoms with Crippen molar-refractivity contribution in [2.75, 3.05) is 18.1 Å². The Kier molecular flexibility index (Phi) is 5.13. The highest BCUT2D eigenvalue weighted by atomic mass is 127. The van der Waals surface area contributed by atoms with E-state index >= 15 is 0 Å². The highest BCUT2D eigenvalue weighted by Gasteiger charge is 2.33. The summed E-state index contributed by atoms with van der Waals surface area (Å²) in [5.74, 6) is 0.0556. The number of thioether (sulfide) groups is 1. The Labute approximate surface area is 137 Å². The molecule has 0 radical (unpaired) electrons. The van der Waals surface area contributed by atoms with Gasteiger partial charge in [-0.1, -0.05) is 0 Å². The van der Waals surface area contributed by atoms with Gasteiger partial charge in [0.25, 0.3) is 5.91 Å². The van der Waals surface area contributed by atoms with Gasteiger partial charge >= 0.3 is 5.97 Å². The van der Waals surface area contributed by atoms with E-state index in [1.54, 1.807) is 17.8 Å². The highest BCUT2D eigenvalue weighted by molar-refractivity contribution is 14.1. The molecule has 19 heavy (non-hydrogen) atoms. The summed E-state index contributed by atoms with van der Waals surface area (Å²) in [6.07, 6.45) is 0. The number of carboxylic acids is 1. The third-order valence-electron chi connectivity index (χ3n) is 2.83. The molecule has 1 aromatic rings. The molecule has 1 aromatic carbocycles. The summed E-state index contributed by atoms with van der Waals surface area (Å²) in [4.78, 5) is 25.2. The van der Waals surface area contributed by atoms with E-state index in [-0.39, 0.29) is 5.91 Å². The summed E-state index contributed by atoms with van der Waals surface area (Å²) in [5, 5.41) is 9.21. The van der Waals surface area contributed by atoms with Gasteiger partial charge in [-0.15, -0.1) is 0 Å². The predicted octanol–water partition coefficient (Wildman–Crippen LogP) is 2.70. The Morgan fingerprint density at radius 1 is 1.47 bits per heavy atom. The number of hydrogen-bond acceptors (Lipinski definition) is 3. The van der Waals surface area contributed by atoms with Gasteiger partial charge in [-0.05, 0) is 56.7 Å². The zero-order chi connectivity index (χ0) is 14.0. The summed E-state index contributed by atoms with van der Waals surface area (Å²) >= 11 is 7.05. The van der Waals surface area contributed by atoms with Crippen LogP contribution in [0.3, 0.4) is 0 Å². The van der Waals surface area contributed by atoms with Gasteiger partial charge < -0.3 is 10.0 Å². The molecule has 0 saturated carbocycles. The summed E-state index contributed by atoms with van der Waals surface area (Å²) in [6, 6.07) is 4.73.